The largest absolute Gasteiger partial charge is 0.462 e. The van der Waals surface area contributed by atoms with Gasteiger partial charge in [-0.05, 0) is 37.3 Å². The third kappa shape index (κ3) is 4.60. The standard InChI is InChI=1S/C17H17F4NO3/c1-3-25-15(23)13-5-4-11(17(19,20)21)10-14(13)22-12-6-8-16(18,24-2)9-7-12/h4-8,10,22H,3,9H2,1-2H3. The van der Waals surface area contributed by atoms with Gasteiger partial charge >= 0.3 is 12.1 Å². The molecule has 25 heavy (non-hydrogen) atoms. The molecule has 1 unspecified atom stereocenters. The van der Waals surface area contributed by atoms with Crippen molar-refractivity contribution in [2.45, 2.75) is 25.4 Å². The lowest BCUT2D eigenvalue weighted by Crippen LogP contribution is -2.24. The second kappa shape index (κ2) is 7.26. The summed E-state index contributed by atoms with van der Waals surface area (Å²) in [5, 5.41) is 2.71. The molecule has 0 aliphatic heterocycles. The van der Waals surface area contributed by atoms with E-state index in [1.54, 1.807) is 6.92 Å². The summed E-state index contributed by atoms with van der Waals surface area (Å²) >= 11 is 0. The van der Waals surface area contributed by atoms with Gasteiger partial charge in [0, 0.05) is 19.2 Å². The van der Waals surface area contributed by atoms with E-state index in [4.69, 9.17) is 4.74 Å². The number of carbonyl (C=O) groups excluding carboxylic acids is 1. The number of anilines is 1. The zero-order chi connectivity index (χ0) is 18.7. The zero-order valence-corrected chi connectivity index (χ0v) is 13.6. The molecule has 2 rings (SSSR count). The first kappa shape index (κ1) is 19.0. The second-order valence-corrected chi connectivity index (χ2v) is 5.29. The highest BCUT2D eigenvalue weighted by molar-refractivity contribution is 5.96. The first-order valence-corrected chi connectivity index (χ1v) is 7.47. The van der Waals surface area contributed by atoms with Crippen molar-refractivity contribution in [3.05, 3.63) is 53.3 Å². The SMILES string of the molecule is CCOC(=O)c1ccc(C(F)(F)F)cc1NC1=CCC(F)(OC)C=C1. The van der Waals surface area contributed by atoms with E-state index in [1.165, 1.54) is 19.3 Å². The number of hydrogen-bond acceptors (Lipinski definition) is 4. The van der Waals surface area contributed by atoms with Gasteiger partial charge in [0.15, 0.2) is 0 Å². The highest BCUT2D eigenvalue weighted by Gasteiger charge is 2.32. The summed E-state index contributed by atoms with van der Waals surface area (Å²) in [6.45, 7) is 1.67. The number of hydrogen-bond donors (Lipinski definition) is 1. The lowest BCUT2D eigenvalue weighted by molar-refractivity contribution is -0.137. The van der Waals surface area contributed by atoms with Crippen molar-refractivity contribution in [3.63, 3.8) is 0 Å². The minimum absolute atomic E-state index is 0.0482. The molecule has 0 radical (unpaired) electrons. The molecule has 0 fully saturated rings. The van der Waals surface area contributed by atoms with Crippen LogP contribution in [0.25, 0.3) is 0 Å². The van der Waals surface area contributed by atoms with Crippen molar-refractivity contribution < 1.29 is 31.8 Å². The second-order valence-electron chi connectivity index (χ2n) is 5.29. The van der Waals surface area contributed by atoms with Crippen molar-refractivity contribution >= 4 is 11.7 Å². The van der Waals surface area contributed by atoms with Gasteiger partial charge in [-0.15, -0.1) is 0 Å². The van der Waals surface area contributed by atoms with E-state index in [0.717, 1.165) is 24.3 Å². The highest BCUT2D eigenvalue weighted by atomic mass is 19.4. The number of methoxy groups -OCH3 is 1. The summed E-state index contributed by atoms with van der Waals surface area (Å²) in [5.74, 6) is -2.71. The number of benzene rings is 1. The predicted octanol–water partition coefficient (Wildman–Crippen LogP) is 4.45. The number of rotatable bonds is 5. The molecule has 1 aliphatic carbocycles. The molecular weight excluding hydrogens is 342 g/mol. The molecule has 0 heterocycles. The Hall–Kier alpha value is -2.35. The molecule has 1 aliphatic rings. The number of nitrogens with one attached hydrogen (secondary N) is 1. The predicted molar refractivity (Wildman–Crippen MR) is 83.7 cm³/mol. The number of ether oxygens (including phenoxy) is 2. The Morgan fingerprint density at radius 2 is 2.08 bits per heavy atom. The molecule has 0 spiro atoms. The molecule has 136 valence electrons. The molecule has 0 aromatic heterocycles. The van der Waals surface area contributed by atoms with Crippen LogP contribution in [0.15, 0.2) is 42.1 Å². The normalized spacial score (nSPS) is 20.2. The summed E-state index contributed by atoms with van der Waals surface area (Å²) in [6, 6.07) is 2.67. The molecule has 0 saturated carbocycles. The summed E-state index contributed by atoms with van der Waals surface area (Å²) in [6.07, 6.45) is -0.769. The van der Waals surface area contributed by atoms with Gasteiger partial charge in [-0.2, -0.15) is 13.2 Å². The topological polar surface area (TPSA) is 47.6 Å². The molecule has 1 aromatic carbocycles. The lowest BCUT2D eigenvalue weighted by Gasteiger charge is -2.23. The van der Waals surface area contributed by atoms with E-state index in [0.29, 0.717) is 5.70 Å². The molecule has 4 nitrogen and oxygen atoms in total. The first-order valence-electron chi connectivity index (χ1n) is 7.47. The van der Waals surface area contributed by atoms with Crippen LogP contribution in [0.2, 0.25) is 0 Å². The molecule has 0 saturated heterocycles. The van der Waals surface area contributed by atoms with Gasteiger partial charge in [0.05, 0.1) is 23.4 Å². The van der Waals surface area contributed by atoms with Gasteiger partial charge in [0.1, 0.15) is 0 Å². The Kier molecular flexibility index (Phi) is 5.52. The highest BCUT2D eigenvalue weighted by Crippen LogP contribution is 2.34. The molecule has 1 N–H and O–H groups in total. The van der Waals surface area contributed by atoms with Crippen LogP contribution in [0.3, 0.4) is 0 Å². The van der Waals surface area contributed by atoms with Crippen molar-refractivity contribution in [3.8, 4) is 0 Å². The average molecular weight is 359 g/mol. The maximum absolute atomic E-state index is 13.9. The molecule has 0 amide bonds. The van der Waals surface area contributed by atoms with Crippen LogP contribution in [-0.4, -0.2) is 25.5 Å². The number of esters is 1. The van der Waals surface area contributed by atoms with Crippen molar-refractivity contribution in [1.29, 1.82) is 0 Å². The fraction of sp³-hybridized carbons (Fsp3) is 0.353. The smallest absolute Gasteiger partial charge is 0.416 e. The van der Waals surface area contributed by atoms with Gasteiger partial charge in [-0.3, -0.25) is 0 Å². The summed E-state index contributed by atoms with van der Waals surface area (Å²) in [7, 11) is 1.21. The van der Waals surface area contributed by atoms with Crippen LogP contribution < -0.4 is 5.32 Å². The maximum atomic E-state index is 13.9. The van der Waals surface area contributed by atoms with Crippen molar-refractivity contribution in [1.82, 2.24) is 0 Å². The summed E-state index contributed by atoms with van der Waals surface area (Å²) in [5.41, 5.74) is -0.698. The molecule has 0 bridgehead atoms. The van der Waals surface area contributed by atoms with Crippen LogP contribution in [0.5, 0.6) is 0 Å². The molecule has 1 aromatic rings. The molecule has 8 heteroatoms. The first-order chi connectivity index (χ1) is 11.7. The maximum Gasteiger partial charge on any atom is 0.416 e. The number of allylic oxidation sites excluding steroid dienone is 1. The fourth-order valence-electron chi connectivity index (χ4n) is 2.21. The van der Waals surface area contributed by atoms with Gasteiger partial charge < -0.3 is 14.8 Å². The number of carbonyl (C=O) groups is 1. The fourth-order valence-corrected chi connectivity index (χ4v) is 2.21. The lowest BCUT2D eigenvalue weighted by atomic mass is 10.0. The molecular formula is C17H17F4NO3. The van der Waals surface area contributed by atoms with E-state index in [2.05, 4.69) is 10.1 Å². The summed E-state index contributed by atoms with van der Waals surface area (Å²) < 4.78 is 62.3. The minimum atomic E-state index is -4.56. The Balaban J connectivity index is 2.34. The Bertz CT molecular complexity index is 712. The van der Waals surface area contributed by atoms with Crippen molar-refractivity contribution in [2.24, 2.45) is 0 Å². The zero-order valence-electron chi connectivity index (χ0n) is 13.6. The van der Waals surface area contributed by atoms with Gasteiger partial charge in [0.25, 0.3) is 0 Å². The van der Waals surface area contributed by atoms with E-state index >= 15 is 0 Å². The van der Waals surface area contributed by atoms with E-state index in [9.17, 15) is 22.4 Å². The Morgan fingerprint density at radius 3 is 2.60 bits per heavy atom. The van der Waals surface area contributed by atoms with E-state index < -0.39 is 23.6 Å². The Morgan fingerprint density at radius 1 is 1.36 bits per heavy atom. The van der Waals surface area contributed by atoms with Crippen LogP contribution in [0, 0.1) is 0 Å². The number of halogens is 4. The van der Waals surface area contributed by atoms with Crippen molar-refractivity contribution in [2.75, 3.05) is 19.0 Å². The Labute approximate surface area is 142 Å². The van der Waals surface area contributed by atoms with Gasteiger partial charge in [-0.1, -0.05) is 6.08 Å². The quantitative estimate of drug-likeness (QED) is 0.623. The third-order valence-corrected chi connectivity index (χ3v) is 3.57. The van der Waals surface area contributed by atoms with Gasteiger partial charge in [-0.25, -0.2) is 9.18 Å². The average Bonchev–Trinajstić information content (AvgIpc) is 2.56. The summed E-state index contributed by atoms with van der Waals surface area (Å²) in [4.78, 5) is 12.0. The third-order valence-electron chi connectivity index (χ3n) is 3.57. The minimum Gasteiger partial charge on any atom is -0.462 e. The van der Waals surface area contributed by atoms with Crippen LogP contribution in [0.1, 0.15) is 29.3 Å². The monoisotopic (exact) mass is 359 g/mol. The van der Waals surface area contributed by atoms with E-state index in [-0.39, 0.29) is 24.3 Å². The van der Waals surface area contributed by atoms with Crippen LogP contribution in [0.4, 0.5) is 23.2 Å². The number of alkyl halides is 4. The van der Waals surface area contributed by atoms with Crippen LogP contribution >= 0.6 is 0 Å². The van der Waals surface area contributed by atoms with Crippen LogP contribution in [-0.2, 0) is 15.7 Å². The van der Waals surface area contributed by atoms with Gasteiger partial charge in [0.2, 0.25) is 5.85 Å². The molecule has 1 atom stereocenters. The van der Waals surface area contributed by atoms with E-state index in [1.807, 2.05) is 0 Å².